The van der Waals surface area contributed by atoms with Crippen molar-refractivity contribution >= 4 is 5.97 Å². The summed E-state index contributed by atoms with van der Waals surface area (Å²) in [5.41, 5.74) is 0.707. The quantitative estimate of drug-likeness (QED) is 0.763. The van der Waals surface area contributed by atoms with E-state index < -0.39 is 11.9 Å². The first-order valence-electron chi connectivity index (χ1n) is 4.83. The lowest BCUT2D eigenvalue weighted by atomic mass is 10.1. The largest absolute Gasteiger partial charge is 0.493 e. The van der Waals surface area contributed by atoms with Gasteiger partial charge in [0.05, 0.1) is 12.5 Å². The van der Waals surface area contributed by atoms with Crippen molar-refractivity contribution in [2.24, 2.45) is 11.8 Å². The van der Waals surface area contributed by atoms with Gasteiger partial charge in [0.2, 0.25) is 0 Å². The fourth-order valence-electron chi connectivity index (χ4n) is 2.44. The third-order valence-electron chi connectivity index (χ3n) is 3.22. The molecule has 1 saturated carbocycles. The molecule has 1 aromatic rings. The van der Waals surface area contributed by atoms with Crippen LogP contribution < -0.4 is 4.74 Å². The first-order chi connectivity index (χ1) is 7.18. The van der Waals surface area contributed by atoms with Gasteiger partial charge in [0.25, 0.3) is 0 Å². The van der Waals surface area contributed by atoms with Gasteiger partial charge < -0.3 is 9.84 Å². The minimum atomic E-state index is -0.814. The predicted octanol–water partition coefficient (Wildman–Crippen LogP) is 1.63. The van der Waals surface area contributed by atoms with Crippen LogP contribution in [0.4, 0.5) is 4.39 Å². The Kier molecular flexibility index (Phi) is 1.58. The van der Waals surface area contributed by atoms with Gasteiger partial charge in [-0.1, -0.05) is 0 Å². The summed E-state index contributed by atoms with van der Waals surface area (Å²) in [6.45, 7) is 0.431. The van der Waals surface area contributed by atoms with E-state index in [9.17, 15) is 9.18 Å². The van der Waals surface area contributed by atoms with Crippen LogP contribution in [0.3, 0.4) is 0 Å². The Morgan fingerprint density at radius 3 is 3.07 bits per heavy atom. The first-order valence-corrected chi connectivity index (χ1v) is 4.83. The maximum Gasteiger partial charge on any atom is 0.307 e. The van der Waals surface area contributed by atoms with E-state index in [1.54, 1.807) is 6.07 Å². The number of carbonyl (C=O) groups is 1. The SMILES string of the molecule is O=C(O)[C@@H]1[C@@H]2COc3ccc(F)cc3[C@@H]21. The number of carboxylic acids is 1. The molecule has 1 N–H and O–H groups in total. The fourth-order valence-corrected chi connectivity index (χ4v) is 2.44. The van der Waals surface area contributed by atoms with Gasteiger partial charge in [0.1, 0.15) is 11.6 Å². The predicted molar refractivity (Wildman–Crippen MR) is 49.3 cm³/mol. The number of fused-ring (bicyclic) bond motifs is 3. The summed E-state index contributed by atoms with van der Waals surface area (Å²) >= 11 is 0. The van der Waals surface area contributed by atoms with Crippen LogP contribution in [-0.2, 0) is 4.79 Å². The van der Waals surface area contributed by atoms with Crippen molar-refractivity contribution in [1.29, 1.82) is 0 Å². The Morgan fingerprint density at radius 1 is 1.53 bits per heavy atom. The molecule has 3 nitrogen and oxygen atoms in total. The lowest BCUT2D eigenvalue weighted by molar-refractivity contribution is -0.139. The Morgan fingerprint density at radius 2 is 2.33 bits per heavy atom. The summed E-state index contributed by atoms with van der Waals surface area (Å²) in [7, 11) is 0. The van der Waals surface area contributed by atoms with Crippen molar-refractivity contribution in [3.63, 3.8) is 0 Å². The molecule has 0 amide bonds. The maximum atomic E-state index is 13.0. The van der Waals surface area contributed by atoms with Crippen LogP contribution in [-0.4, -0.2) is 17.7 Å². The van der Waals surface area contributed by atoms with Crippen molar-refractivity contribution < 1.29 is 19.0 Å². The Bertz CT molecular complexity index is 443. The van der Waals surface area contributed by atoms with Gasteiger partial charge in [-0.2, -0.15) is 0 Å². The second-order valence-electron chi connectivity index (χ2n) is 4.05. The van der Waals surface area contributed by atoms with E-state index >= 15 is 0 Å². The highest BCUT2D eigenvalue weighted by Gasteiger charge is 2.59. The molecule has 0 unspecified atom stereocenters. The summed E-state index contributed by atoms with van der Waals surface area (Å²) in [6.07, 6.45) is 0. The number of benzene rings is 1. The van der Waals surface area contributed by atoms with Crippen molar-refractivity contribution in [3.8, 4) is 5.75 Å². The Hall–Kier alpha value is -1.58. The van der Waals surface area contributed by atoms with Crippen LogP contribution in [0.1, 0.15) is 11.5 Å². The van der Waals surface area contributed by atoms with E-state index in [0.717, 1.165) is 0 Å². The topological polar surface area (TPSA) is 46.5 Å². The van der Waals surface area contributed by atoms with Crippen molar-refractivity contribution in [3.05, 3.63) is 29.6 Å². The molecule has 4 heteroatoms. The van der Waals surface area contributed by atoms with Crippen LogP contribution in [0, 0.1) is 17.7 Å². The van der Waals surface area contributed by atoms with Gasteiger partial charge in [-0.15, -0.1) is 0 Å². The zero-order valence-corrected chi connectivity index (χ0v) is 7.81. The minimum Gasteiger partial charge on any atom is -0.493 e. The highest BCUT2D eigenvalue weighted by molar-refractivity contribution is 5.77. The van der Waals surface area contributed by atoms with Crippen LogP contribution in [0.25, 0.3) is 0 Å². The molecule has 0 radical (unpaired) electrons. The molecule has 78 valence electrons. The van der Waals surface area contributed by atoms with E-state index in [-0.39, 0.29) is 17.7 Å². The molecule has 0 aromatic heterocycles. The van der Waals surface area contributed by atoms with E-state index in [0.29, 0.717) is 17.9 Å². The van der Waals surface area contributed by atoms with Crippen LogP contribution >= 0.6 is 0 Å². The molecule has 1 aliphatic carbocycles. The van der Waals surface area contributed by atoms with E-state index in [2.05, 4.69) is 0 Å². The summed E-state index contributed by atoms with van der Waals surface area (Å²) < 4.78 is 18.4. The maximum absolute atomic E-state index is 13.0. The summed E-state index contributed by atoms with van der Waals surface area (Å²) in [6, 6.07) is 4.28. The Balaban J connectivity index is 2.02. The number of aliphatic carboxylic acids is 1. The lowest BCUT2D eigenvalue weighted by Crippen LogP contribution is -2.09. The second-order valence-corrected chi connectivity index (χ2v) is 4.05. The van der Waals surface area contributed by atoms with Gasteiger partial charge in [0, 0.05) is 17.4 Å². The third kappa shape index (κ3) is 1.14. The molecule has 1 fully saturated rings. The fraction of sp³-hybridized carbons (Fsp3) is 0.364. The normalized spacial score (nSPS) is 31.1. The average molecular weight is 208 g/mol. The third-order valence-corrected chi connectivity index (χ3v) is 3.22. The van der Waals surface area contributed by atoms with Gasteiger partial charge in [-0.3, -0.25) is 4.79 Å². The lowest BCUT2D eigenvalue weighted by Gasteiger charge is -2.15. The van der Waals surface area contributed by atoms with Crippen molar-refractivity contribution in [1.82, 2.24) is 0 Å². The highest BCUT2D eigenvalue weighted by atomic mass is 19.1. The summed E-state index contributed by atoms with van der Waals surface area (Å²) in [5, 5.41) is 8.93. The molecule has 1 aliphatic heterocycles. The van der Waals surface area contributed by atoms with Gasteiger partial charge >= 0.3 is 5.97 Å². The zero-order valence-electron chi connectivity index (χ0n) is 7.81. The van der Waals surface area contributed by atoms with Crippen molar-refractivity contribution in [2.75, 3.05) is 6.61 Å². The number of halogens is 1. The molecule has 1 heterocycles. The van der Waals surface area contributed by atoms with Gasteiger partial charge in [-0.25, -0.2) is 4.39 Å². The molecule has 3 rings (SSSR count). The average Bonchev–Trinajstić information content (AvgIpc) is 2.92. The molecule has 0 bridgehead atoms. The minimum absolute atomic E-state index is 0.0248. The van der Waals surface area contributed by atoms with Crippen LogP contribution in [0.5, 0.6) is 5.75 Å². The first kappa shape index (κ1) is 8.71. The number of rotatable bonds is 1. The smallest absolute Gasteiger partial charge is 0.307 e. The number of carboxylic acid groups (broad SMARTS) is 1. The zero-order chi connectivity index (χ0) is 10.6. The van der Waals surface area contributed by atoms with E-state index in [4.69, 9.17) is 9.84 Å². The van der Waals surface area contributed by atoms with Crippen molar-refractivity contribution in [2.45, 2.75) is 5.92 Å². The monoisotopic (exact) mass is 208 g/mol. The van der Waals surface area contributed by atoms with E-state index in [1.807, 2.05) is 0 Å². The van der Waals surface area contributed by atoms with E-state index in [1.165, 1.54) is 12.1 Å². The standard InChI is InChI=1S/C11H9FO3/c12-5-1-2-8-6(3-5)9-7(4-15-8)10(9)11(13)14/h1-3,7,9-10H,4H2,(H,13,14)/t7-,9+,10-/m1/s1. The molecule has 0 saturated heterocycles. The molecule has 1 aromatic carbocycles. The van der Waals surface area contributed by atoms with Crippen LogP contribution in [0.15, 0.2) is 18.2 Å². The summed E-state index contributed by atoms with van der Waals surface area (Å²) in [4.78, 5) is 10.9. The molecular weight excluding hydrogens is 199 g/mol. The second kappa shape index (κ2) is 2.72. The molecule has 2 aliphatic rings. The van der Waals surface area contributed by atoms with Gasteiger partial charge in [0.15, 0.2) is 0 Å². The number of ether oxygens (including phenoxy) is 1. The number of hydrogen-bond acceptors (Lipinski definition) is 2. The molecule has 0 spiro atoms. The molecular formula is C11H9FO3. The van der Waals surface area contributed by atoms with Gasteiger partial charge in [-0.05, 0) is 18.2 Å². The summed E-state index contributed by atoms with van der Waals surface area (Å²) in [5.74, 6) is -0.951. The molecule has 3 atom stereocenters. The molecule has 15 heavy (non-hydrogen) atoms. The number of hydrogen-bond donors (Lipinski definition) is 1. The van der Waals surface area contributed by atoms with Crippen LogP contribution in [0.2, 0.25) is 0 Å². The highest BCUT2D eigenvalue weighted by Crippen LogP contribution is 2.58. The Labute approximate surface area is 85.5 Å².